The summed E-state index contributed by atoms with van der Waals surface area (Å²) in [6.07, 6.45) is 8.17. The largest absolute Gasteiger partial charge is 0.0654 e. The van der Waals surface area contributed by atoms with E-state index in [1.54, 1.807) is 0 Å². The fourth-order valence-corrected chi connectivity index (χ4v) is 4.26. The molecule has 0 aromatic rings. The summed E-state index contributed by atoms with van der Waals surface area (Å²) in [4.78, 5) is 0. The second-order valence-electron chi connectivity index (χ2n) is 7.87. The van der Waals surface area contributed by atoms with Gasteiger partial charge in [0.05, 0.1) is 0 Å². The van der Waals surface area contributed by atoms with E-state index in [1.807, 2.05) is 0 Å². The average molecular weight is 255 g/mol. The van der Waals surface area contributed by atoms with Crippen LogP contribution in [0.4, 0.5) is 0 Å². The molecular weight excluding hydrogens is 216 g/mol. The molecule has 0 spiro atoms. The lowest BCUT2D eigenvalue weighted by atomic mass is 9.58. The van der Waals surface area contributed by atoms with Crippen LogP contribution in [0.25, 0.3) is 0 Å². The molecule has 0 aromatic carbocycles. The van der Waals surface area contributed by atoms with E-state index in [1.165, 1.54) is 38.5 Å². The SMILES string of the molecule is CCCCCC(C)(C)C(C(CC)CC)C(C)(C)C. The van der Waals surface area contributed by atoms with E-state index < -0.39 is 0 Å². The van der Waals surface area contributed by atoms with Crippen molar-refractivity contribution in [1.82, 2.24) is 0 Å². The highest BCUT2D eigenvalue weighted by atomic mass is 14.5. The summed E-state index contributed by atoms with van der Waals surface area (Å²) in [7, 11) is 0. The van der Waals surface area contributed by atoms with Crippen molar-refractivity contribution >= 4 is 0 Å². The van der Waals surface area contributed by atoms with Crippen LogP contribution < -0.4 is 0 Å². The van der Waals surface area contributed by atoms with E-state index in [0.717, 1.165) is 11.8 Å². The van der Waals surface area contributed by atoms with Gasteiger partial charge in [-0.05, 0) is 29.1 Å². The molecule has 110 valence electrons. The van der Waals surface area contributed by atoms with Gasteiger partial charge in [-0.25, -0.2) is 0 Å². The molecule has 0 aromatic heterocycles. The van der Waals surface area contributed by atoms with Gasteiger partial charge in [0.1, 0.15) is 0 Å². The molecule has 0 heterocycles. The van der Waals surface area contributed by atoms with Crippen molar-refractivity contribution in [2.75, 3.05) is 0 Å². The zero-order valence-electron chi connectivity index (χ0n) is 14.4. The maximum absolute atomic E-state index is 2.51. The Hall–Kier alpha value is 0. The summed E-state index contributed by atoms with van der Waals surface area (Å²) in [5.74, 6) is 1.71. The van der Waals surface area contributed by atoms with Crippen molar-refractivity contribution in [2.45, 2.75) is 93.9 Å². The maximum Gasteiger partial charge on any atom is -0.0286 e. The number of rotatable bonds is 8. The van der Waals surface area contributed by atoms with Crippen LogP contribution in [0.3, 0.4) is 0 Å². The molecule has 18 heavy (non-hydrogen) atoms. The minimum Gasteiger partial charge on any atom is -0.0654 e. The van der Waals surface area contributed by atoms with Crippen LogP contribution in [0.2, 0.25) is 0 Å². The predicted molar refractivity (Wildman–Crippen MR) is 84.9 cm³/mol. The van der Waals surface area contributed by atoms with Gasteiger partial charge in [-0.3, -0.25) is 0 Å². The highest BCUT2D eigenvalue weighted by molar-refractivity contribution is 4.90. The molecule has 0 radical (unpaired) electrons. The zero-order chi connectivity index (χ0) is 14.4. The Morgan fingerprint density at radius 2 is 1.28 bits per heavy atom. The predicted octanol–water partition coefficient (Wildman–Crippen LogP) is 6.69. The minimum atomic E-state index is 0.423. The summed E-state index contributed by atoms with van der Waals surface area (Å²) in [6, 6.07) is 0. The van der Waals surface area contributed by atoms with Crippen molar-refractivity contribution in [2.24, 2.45) is 22.7 Å². The first-order valence-corrected chi connectivity index (χ1v) is 8.20. The Labute approximate surface area is 117 Å². The molecule has 0 fully saturated rings. The first kappa shape index (κ1) is 18.0. The van der Waals surface area contributed by atoms with Gasteiger partial charge in [0.15, 0.2) is 0 Å². The maximum atomic E-state index is 2.51. The van der Waals surface area contributed by atoms with Gasteiger partial charge in [-0.2, -0.15) is 0 Å². The van der Waals surface area contributed by atoms with Crippen LogP contribution in [-0.4, -0.2) is 0 Å². The fraction of sp³-hybridized carbons (Fsp3) is 1.00. The Morgan fingerprint density at radius 1 is 0.778 bits per heavy atom. The molecule has 0 saturated carbocycles. The third-order valence-electron chi connectivity index (χ3n) is 4.72. The van der Waals surface area contributed by atoms with Crippen LogP contribution >= 0.6 is 0 Å². The van der Waals surface area contributed by atoms with Gasteiger partial charge in [0, 0.05) is 0 Å². The van der Waals surface area contributed by atoms with Gasteiger partial charge in [0.25, 0.3) is 0 Å². The van der Waals surface area contributed by atoms with E-state index in [4.69, 9.17) is 0 Å². The van der Waals surface area contributed by atoms with E-state index in [9.17, 15) is 0 Å². The molecule has 1 unspecified atom stereocenters. The highest BCUT2D eigenvalue weighted by Crippen LogP contribution is 2.49. The summed E-state index contributed by atoms with van der Waals surface area (Å²) in [5.41, 5.74) is 0.899. The summed E-state index contributed by atoms with van der Waals surface area (Å²) in [6.45, 7) is 19.4. The molecule has 0 aliphatic rings. The standard InChI is InChI=1S/C18H38/c1-9-12-13-14-18(7,8)16(17(4,5)6)15(10-2)11-3/h15-16H,9-14H2,1-8H3. The van der Waals surface area contributed by atoms with Gasteiger partial charge >= 0.3 is 0 Å². The van der Waals surface area contributed by atoms with Crippen LogP contribution in [0.1, 0.15) is 93.9 Å². The Balaban J connectivity index is 4.93. The molecule has 0 rings (SSSR count). The lowest BCUT2D eigenvalue weighted by Gasteiger charge is -2.47. The number of hydrogen-bond acceptors (Lipinski definition) is 0. The summed E-state index contributed by atoms with van der Waals surface area (Å²) >= 11 is 0. The Kier molecular flexibility index (Phi) is 7.56. The van der Waals surface area contributed by atoms with E-state index in [2.05, 4.69) is 55.4 Å². The molecule has 0 nitrogen and oxygen atoms in total. The monoisotopic (exact) mass is 254 g/mol. The lowest BCUT2D eigenvalue weighted by molar-refractivity contribution is 0.0185. The summed E-state index contributed by atoms with van der Waals surface area (Å²) in [5, 5.41) is 0. The zero-order valence-corrected chi connectivity index (χ0v) is 14.4. The van der Waals surface area contributed by atoms with E-state index >= 15 is 0 Å². The van der Waals surface area contributed by atoms with Gasteiger partial charge in [-0.15, -0.1) is 0 Å². The van der Waals surface area contributed by atoms with E-state index in [0.29, 0.717) is 10.8 Å². The van der Waals surface area contributed by atoms with Gasteiger partial charge < -0.3 is 0 Å². The van der Waals surface area contributed by atoms with Gasteiger partial charge in [-0.1, -0.05) is 87.5 Å². The average Bonchev–Trinajstić information content (AvgIpc) is 2.23. The van der Waals surface area contributed by atoms with Crippen molar-refractivity contribution in [1.29, 1.82) is 0 Å². The van der Waals surface area contributed by atoms with Crippen molar-refractivity contribution in [3.8, 4) is 0 Å². The van der Waals surface area contributed by atoms with Crippen LogP contribution in [-0.2, 0) is 0 Å². The van der Waals surface area contributed by atoms with Gasteiger partial charge in [0.2, 0.25) is 0 Å². The highest BCUT2D eigenvalue weighted by Gasteiger charge is 2.41. The quantitative estimate of drug-likeness (QED) is 0.423. The van der Waals surface area contributed by atoms with Crippen molar-refractivity contribution < 1.29 is 0 Å². The third-order valence-corrected chi connectivity index (χ3v) is 4.72. The van der Waals surface area contributed by atoms with E-state index in [-0.39, 0.29) is 0 Å². The molecule has 1 atom stereocenters. The molecule has 0 bridgehead atoms. The minimum absolute atomic E-state index is 0.423. The normalized spacial score (nSPS) is 15.2. The number of unbranched alkanes of at least 4 members (excludes halogenated alkanes) is 2. The molecule has 0 N–H and O–H groups in total. The molecule has 0 aliphatic heterocycles. The molecule has 0 amide bonds. The Bertz CT molecular complexity index is 203. The number of hydrogen-bond donors (Lipinski definition) is 0. The fourth-order valence-electron chi connectivity index (χ4n) is 4.26. The van der Waals surface area contributed by atoms with Crippen LogP contribution in [0.15, 0.2) is 0 Å². The lowest BCUT2D eigenvalue weighted by Crippen LogP contribution is -2.39. The molecular formula is C18H38. The molecule has 0 heteroatoms. The van der Waals surface area contributed by atoms with Crippen LogP contribution in [0, 0.1) is 22.7 Å². The molecule has 0 aliphatic carbocycles. The summed E-state index contributed by atoms with van der Waals surface area (Å²) < 4.78 is 0. The topological polar surface area (TPSA) is 0 Å². The van der Waals surface area contributed by atoms with Crippen LogP contribution in [0.5, 0.6) is 0 Å². The second-order valence-corrected chi connectivity index (χ2v) is 7.87. The molecule has 0 saturated heterocycles. The van der Waals surface area contributed by atoms with Crippen molar-refractivity contribution in [3.63, 3.8) is 0 Å². The third kappa shape index (κ3) is 5.33. The smallest absolute Gasteiger partial charge is 0.0286 e. The van der Waals surface area contributed by atoms with Crippen molar-refractivity contribution in [3.05, 3.63) is 0 Å². The second kappa shape index (κ2) is 7.56. The Morgan fingerprint density at radius 3 is 1.61 bits per heavy atom. The first-order valence-electron chi connectivity index (χ1n) is 8.20. The first-order chi connectivity index (χ1) is 8.20.